The van der Waals surface area contributed by atoms with Gasteiger partial charge in [-0.15, -0.1) is 0 Å². The molecule has 98 valence electrons. The molecule has 1 N–H and O–H groups in total. The van der Waals surface area contributed by atoms with Crippen molar-refractivity contribution in [3.8, 4) is 0 Å². The first-order chi connectivity index (χ1) is 8.48. The van der Waals surface area contributed by atoms with Crippen molar-refractivity contribution in [2.75, 3.05) is 20.2 Å². The fraction of sp³-hybridized carbons (Fsp3) is 0.333. The van der Waals surface area contributed by atoms with Crippen LogP contribution in [0.25, 0.3) is 10.9 Å². The lowest BCUT2D eigenvalue weighted by molar-refractivity contribution is 0.266. The number of para-hydroxylation sites is 1. The molecule has 2 rings (SSSR count). The normalized spacial score (nSPS) is 12.4. The minimum atomic E-state index is -3.55. The lowest BCUT2D eigenvalue weighted by Gasteiger charge is -2.14. The number of aromatic nitrogens is 1. The van der Waals surface area contributed by atoms with Crippen LogP contribution in [0.15, 0.2) is 35.4 Å². The van der Waals surface area contributed by atoms with Gasteiger partial charge >= 0.3 is 0 Å². The van der Waals surface area contributed by atoms with Gasteiger partial charge < -0.3 is 9.67 Å². The maximum atomic E-state index is 12.4. The summed E-state index contributed by atoms with van der Waals surface area (Å²) in [5, 5.41) is 9.55. The molecule has 0 aliphatic rings. The summed E-state index contributed by atoms with van der Waals surface area (Å²) in [6.07, 6.45) is 1.61. The molecule has 2 aromatic rings. The summed E-state index contributed by atoms with van der Waals surface area (Å²) >= 11 is 0. The third kappa shape index (κ3) is 2.03. The Hall–Kier alpha value is -1.37. The molecule has 0 unspecified atom stereocenters. The third-order valence-electron chi connectivity index (χ3n) is 2.96. The highest BCUT2D eigenvalue weighted by atomic mass is 32.2. The van der Waals surface area contributed by atoms with Crippen LogP contribution < -0.4 is 0 Å². The van der Waals surface area contributed by atoms with Gasteiger partial charge in [0.05, 0.1) is 6.61 Å². The van der Waals surface area contributed by atoms with E-state index in [9.17, 15) is 8.42 Å². The fourth-order valence-electron chi connectivity index (χ4n) is 1.94. The Labute approximate surface area is 106 Å². The van der Waals surface area contributed by atoms with Gasteiger partial charge in [0.25, 0.3) is 0 Å². The molecule has 1 heterocycles. The number of rotatable bonds is 4. The first-order valence-electron chi connectivity index (χ1n) is 5.59. The van der Waals surface area contributed by atoms with Crippen LogP contribution in [0.1, 0.15) is 0 Å². The molecule has 1 aromatic heterocycles. The molecule has 0 spiro atoms. The maximum absolute atomic E-state index is 12.4. The minimum absolute atomic E-state index is 0.0888. The highest BCUT2D eigenvalue weighted by Crippen LogP contribution is 2.26. The number of aliphatic hydroxyl groups is 1. The second-order valence-corrected chi connectivity index (χ2v) is 6.18. The van der Waals surface area contributed by atoms with Gasteiger partial charge in [0.1, 0.15) is 4.90 Å². The minimum Gasteiger partial charge on any atom is -0.395 e. The van der Waals surface area contributed by atoms with Gasteiger partial charge in [-0.05, 0) is 6.07 Å². The Kier molecular flexibility index (Phi) is 3.43. The molecule has 0 aliphatic carbocycles. The lowest BCUT2D eigenvalue weighted by atomic mass is 10.2. The molecule has 0 radical (unpaired) electrons. The van der Waals surface area contributed by atoms with Crippen LogP contribution in [-0.2, 0) is 17.1 Å². The van der Waals surface area contributed by atoms with Gasteiger partial charge in [-0.3, -0.25) is 0 Å². The summed E-state index contributed by atoms with van der Waals surface area (Å²) in [6.45, 7) is -0.105. The SMILES string of the molecule is CN(CCO)S(=O)(=O)c1cn(C)c2ccccc12. The van der Waals surface area contributed by atoms with Crippen LogP contribution >= 0.6 is 0 Å². The topological polar surface area (TPSA) is 62.5 Å². The molecule has 0 amide bonds. The Morgan fingerprint density at radius 1 is 1.33 bits per heavy atom. The molecule has 0 bridgehead atoms. The van der Waals surface area contributed by atoms with E-state index in [1.54, 1.807) is 16.8 Å². The zero-order valence-corrected chi connectivity index (χ0v) is 11.2. The van der Waals surface area contributed by atoms with Crippen molar-refractivity contribution in [3.05, 3.63) is 30.5 Å². The van der Waals surface area contributed by atoms with Gasteiger partial charge in [0.2, 0.25) is 10.0 Å². The summed E-state index contributed by atoms with van der Waals surface area (Å²) in [6, 6.07) is 7.35. The van der Waals surface area contributed by atoms with E-state index < -0.39 is 10.0 Å². The van der Waals surface area contributed by atoms with Crippen molar-refractivity contribution in [1.82, 2.24) is 8.87 Å². The van der Waals surface area contributed by atoms with E-state index in [0.717, 1.165) is 9.82 Å². The number of hydrogen-bond acceptors (Lipinski definition) is 3. The zero-order valence-electron chi connectivity index (χ0n) is 10.4. The largest absolute Gasteiger partial charge is 0.395 e. The Balaban J connectivity index is 2.61. The van der Waals surface area contributed by atoms with Crippen LogP contribution in [0.3, 0.4) is 0 Å². The van der Waals surface area contributed by atoms with Crippen LogP contribution in [0, 0.1) is 0 Å². The first kappa shape index (κ1) is 13.1. The van der Waals surface area contributed by atoms with Gasteiger partial charge in [-0.1, -0.05) is 18.2 Å². The molecule has 6 heteroatoms. The van der Waals surface area contributed by atoms with E-state index in [0.29, 0.717) is 5.39 Å². The summed E-state index contributed by atoms with van der Waals surface area (Å²) in [4.78, 5) is 0.275. The third-order valence-corrected chi connectivity index (χ3v) is 4.85. The van der Waals surface area contributed by atoms with Gasteiger partial charge in [-0.2, -0.15) is 4.31 Å². The average molecular weight is 268 g/mol. The number of nitrogens with zero attached hydrogens (tertiary/aromatic N) is 2. The van der Waals surface area contributed by atoms with Gasteiger partial charge in [0.15, 0.2) is 0 Å². The fourth-order valence-corrected chi connectivity index (χ4v) is 3.34. The molecule has 5 nitrogen and oxygen atoms in total. The lowest BCUT2D eigenvalue weighted by Crippen LogP contribution is -2.29. The monoisotopic (exact) mass is 268 g/mol. The van der Waals surface area contributed by atoms with Crippen molar-refractivity contribution < 1.29 is 13.5 Å². The molecular weight excluding hydrogens is 252 g/mol. The standard InChI is InChI=1S/C12H16N2O3S/c1-13-9-12(10-5-3-4-6-11(10)13)18(16,17)14(2)7-8-15/h3-6,9,15H,7-8H2,1-2H3. The van der Waals surface area contributed by atoms with Crippen molar-refractivity contribution in [1.29, 1.82) is 0 Å². The summed E-state index contributed by atoms with van der Waals surface area (Å²) in [5.41, 5.74) is 0.869. The molecule has 0 aliphatic heterocycles. The smallest absolute Gasteiger partial charge is 0.245 e. The first-order valence-corrected chi connectivity index (χ1v) is 7.03. The van der Waals surface area contributed by atoms with Crippen molar-refractivity contribution in [2.45, 2.75) is 4.90 Å². The highest BCUT2D eigenvalue weighted by Gasteiger charge is 2.24. The molecular formula is C12H16N2O3S. The van der Waals surface area contributed by atoms with Crippen LogP contribution in [0.5, 0.6) is 0 Å². The number of fused-ring (bicyclic) bond motifs is 1. The molecule has 0 saturated carbocycles. The number of aliphatic hydroxyl groups excluding tert-OH is 1. The Morgan fingerprint density at radius 2 is 2.00 bits per heavy atom. The predicted octanol–water partition coefficient (Wildman–Crippen LogP) is 0.791. The van der Waals surface area contributed by atoms with Crippen molar-refractivity contribution in [3.63, 3.8) is 0 Å². The van der Waals surface area contributed by atoms with Crippen LogP contribution in [0.2, 0.25) is 0 Å². The van der Waals surface area contributed by atoms with Crippen LogP contribution in [-0.4, -0.2) is 42.6 Å². The van der Waals surface area contributed by atoms with E-state index in [1.807, 2.05) is 25.2 Å². The van der Waals surface area contributed by atoms with Gasteiger partial charge in [-0.25, -0.2) is 8.42 Å². The predicted molar refractivity (Wildman–Crippen MR) is 69.8 cm³/mol. The number of sulfonamides is 1. The van der Waals surface area contributed by atoms with Gasteiger partial charge in [0, 0.05) is 37.7 Å². The molecule has 18 heavy (non-hydrogen) atoms. The number of likely N-dealkylation sites (N-methyl/N-ethyl adjacent to an activating group) is 1. The van der Waals surface area contributed by atoms with Crippen molar-refractivity contribution >= 4 is 20.9 Å². The second kappa shape index (κ2) is 4.72. The van der Waals surface area contributed by atoms with E-state index in [2.05, 4.69) is 0 Å². The Morgan fingerprint density at radius 3 is 2.67 bits per heavy atom. The van der Waals surface area contributed by atoms with E-state index in [-0.39, 0.29) is 18.0 Å². The summed E-state index contributed by atoms with van der Waals surface area (Å²) < 4.78 is 27.6. The summed E-state index contributed by atoms with van der Waals surface area (Å²) in [7, 11) is -0.276. The quantitative estimate of drug-likeness (QED) is 0.891. The molecule has 0 saturated heterocycles. The highest BCUT2D eigenvalue weighted by molar-refractivity contribution is 7.89. The molecule has 0 fully saturated rings. The number of hydrogen-bond donors (Lipinski definition) is 1. The van der Waals surface area contributed by atoms with E-state index in [1.165, 1.54) is 7.05 Å². The summed E-state index contributed by atoms with van der Waals surface area (Å²) in [5.74, 6) is 0. The maximum Gasteiger partial charge on any atom is 0.245 e. The van der Waals surface area contributed by atoms with E-state index >= 15 is 0 Å². The average Bonchev–Trinajstić information content (AvgIpc) is 2.68. The molecule has 0 atom stereocenters. The zero-order chi connectivity index (χ0) is 13.3. The van der Waals surface area contributed by atoms with Crippen LogP contribution in [0.4, 0.5) is 0 Å². The number of benzene rings is 1. The molecule has 1 aromatic carbocycles. The van der Waals surface area contributed by atoms with E-state index in [4.69, 9.17) is 5.11 Å². The van der Waals surface area contributed by atoms with Crippen molar-refractivity contribution in [2.24, 2.45) is 7.05 Å². The Bertz CT molecular complexity index is 661. The second-order valence-electron chi connectivity index (χ2n) is 4.17. The number of aryl methyl sites for hydroxylation is 1.